The number of aromatic hydroxyl groups is 1. The first-order chi connectivity index (χ1) is 14.4. The Morgan fingerprint density at radius 3 is 2.33 bits per heavy atom. The van der Waals surface area contributed by atoms with E-state index in [-0.39, 0.29) is 30.4 Å². The molecule has 2 aromatic rings. The second-order valence-electron chi connectivity index (χ2n) is 7.65. The van der Waals surface area contributed by atoms with E-state index in [1.807, 2.05) is 49.4 Å². The Kier molecular flexibility index (Phi) is 10.3. The van der Waals surface area contributed by atoms with Gasteiger partial charge in [0.25, 0.3) is 0 Å². The number of hydrogen-bond acceptors (Lipinski definition) is 5. The van der Waals surface area contributed by atoms with E-state index in [1.54, 1.807) is 19.1 Å². The molecule has 2 aromatic carbocycles. The van der Waals surface area contributed by atoms with E-state index in [2.05, 4.69) is 5.32 Å². The number of carbonyl (C=O) groups excluding carboxylic acids is 1. The third-order valence-corrected chi connectivity index (χ3v) is 4.56. The number of phenols is 1. The van der Waals surface area contributed by atoms with Gasteiger partial charge in [-0.2, -0.15) is 0 Å². The Morgan fingerprint density at radius 2 is 1.67 bits per heavy atom. The molecule has 0 unspecified atom stereocenters. The van der Waals surface area contributed by atoms with Crippen molar-refractivity contribution in [2.45, 2.75) is 51.4 Å². The highest BCUT2D eigenvalue weighted by molar-refractivity contribution is 5.76. The lowest BCUT2D eigenvalue weighted by molar-refractivity contribution is -0.122. The number of rotatable bonds is 13. The highest BCUT2D eigenvalue weighted by Gasteiger charge is 2.15. The lowest BCUT2D eigenvalue weighted by Crippen LogP contribution is -2.40. The van der Waals surface area contributed by atoms with Gasteiger partial charge in [-0.1, -0.05) is 42.5 Å². The number of hydrogen-bond donors (Lipinski definition) is 3. The number of phenolic OH excluding ortho intramolecular Hbond substituents is 1. The zero-order chi connectivity index (χ0) is 21.8. The molecule has 6 nitrogen and oxygen atoms in total. The van der Waals surface area contributed by atoms with Crippen LogP contribution in [0.25, 0.3) is 0 Å². The smallest absolute Gasteiger partial charge is 0.220 e. The molecule has 0 saturated carbocycles. The van der Waals surface area contributed by atoms with Crippen LogP contribution in [0.5, 0.6) is 5.75 Å². The first-order valence-electron chi connectivity index (χ1n) is 10.4. The maximum absolute atomic E-state index is 12.5. The summed E-state index contributed by atoms with van der Waals surface area (Å²) in [7, 11) is 0. The van der Waals surface area contributed by atoms with E-state index in [1.165, 1.54) is 0 Å². The van der Waals surface area contributed by atoms with Crippen molar-refractivity contribution in [3.8, 4) is 5.75 Å². The molecule has 3 N–H and O–H groups in total. The summed E-state index contributed by atoms with van der Waals surface area (Å²) in [5.74, 6) is 0.187. The van der Waals surface area contributed by atoms with Crippen LogP contribution >= 0.6 is 0 Å². The van der Waals surface area contributed by atoms with Crippen LogP contribution in [-0.4, -0.2) is 54.2 Å². The molecule has 0 aliphatic rings. The monoisotopic (exact) mass is 415 g/mol. The minimum Gasteiger partial charge on any atom is -0.508 e. The van der Waals surface area contributed by atoms with Crippen molar-refractivity contribution in [2.75, 3.05) is 19.8 Å². The van der Waals surface area contributed by atoms with Gasteiger partial charge in [-0.25, -0.2) is 0 Å². The molecule has 0 saturated heterocycles. The van der Waals surface area contributed by atoms with Crippen LogP contribution in [0.4, 0.5) is 0 Å². The fourth-order valence-corrected chi connectivity index (χ4v) is 3.00. The van der Waals surface area contributed by atoms with Gasteiger partial charge < -0.3 is 25.0 Å². The summed E-state index contributed by atoms with van der Waals surface area (Å²) in [6, 6.07) is 16.7. The van der Waals surface area contributed by atoms with Crippen molar-refractivity contribution in [2.24, 2.45) is 0 Å². The number of aryl methyl sites for hydroxylation is 1. The zero-order valence-corrected chi connectivity index (χ0v) is 17.8. The lowest BCUT2D eigenvalue weighted by Gasteiger charge is -2.21. The third-order valence-electron chi connectivity index (χ3n) is 4.56. The van der Waals surface area contributed by atoms with Gasteiger partial charge >= 0.3 is 0 Å². The van der Waals surface area contributed by atoms with Gasteiger partial charge in [-0.3, -0.25) is 4.79 Å². The van der Waals surface area contributed by atoms with Gasteiger partial charge in [-0.05, 0) is 49.9 Å². The minimum atomic E-state index is -0.515. The van der Waals surface area contributed by atoms with Crippen LogP contribution < -0.4 is 5.32 Å². The lowest BCUT2D eigenvalue weighted by atomic mass is 10.1. The number of ether oxygens (including phenoxy) is 2. The second-order valence-corrected chi connectivity index (χ2v) is 7.65. The summed E-state index contributed by atoms with van der Waals surface area (Å²) in [5, 5.41) is 21.8. The highest BCUT2D eigenvalue weighted by atomic mass is 16.5. The Labute approximate surface area is 178 Å². The first kappa shape index (κ1) is 23.9. The van der Waals surface area contributed by atoms with Crippen molar-refractivity contribution in [1.82, 2.24) is 5.32 Å². The molecule has 0 bridgehead atoms. The number of amides is 1. The highest BCUT2D eigenvalue weighted by Crippen LogP contribution is 2.12. The number of benzene rings is 2. The van der Waals surface area contributed by atoms with Gasteiger partial charge in [0.15, 0.2) is 0 Å². The van der Waals surface area contributed by atoms with Crippen molar-refractivity contribution in [3.05, 3.63) is 65.7 Å². The summed E-state index contributed by atoms with van der Waals surface area (Å²) < 4.78 is 11.3. The van der Waals surface area contributed by atoms with Crippen molar-refractivity contribution >= 4 is 5.91 Å². The van der Waals surface area contributed by atoms with Crippen LogP contribution in [0, 0.1) is 0 Å². The first-order valence-corrected chi connectivity index (χ1v) is 10.4. The van der Waals surface area contributed by atoms with Crippen LogP contribution in [0.2, 0.25) is 0 Å². The van der Waals surface area contributed by atoms with E-state index >= 15 is 0 Å². The fourth-order valence-electron chi connectivity index (χ4n) is 3.00. The molecule has 0 aliphatic heterocycles. The van der Waals surface area contributed by atoms with Crippen LogP contribution in [0.1, 0.15) is 31.4 Å². The second kappa shape index (κ2) is 13.0. The molecule has 0 spiro atoms. The minimum absolute atomic E-state index is 0.0235. The summed E-state index contributed by atoms with van der Waals surface area (Å²) in [4.78, 5) is 12.5. The molecular formula is C24H33NO5. The summed E-state index contributed by atoms with van der Waals surface area (Å²) in [6.07, 6.45) is 1.02. The predicted molar refractivity (Wildman–Crippen MR) is 116 cm³/mol. The molecule has 0 fully saturated rings. The molecule has 0 radical (unpaired) electrons. The predicted octanol–water partition coefficient (Wildman–Crippen LogP) is 2.85. The van der Waals surface area contributed by atoms with Crippen molar-refractivity contribution < 1.29 is 24.5 Å². The molecule has 2 rings (SSSR count). The van der Waals surface area contributed by atoms with Crippen LogP contribution in [-0.2, 0) is 27.1 Å². The van der Waals surface area contributed by atoms with E-state index < -0.39 is 6.10 Å². The Hall–Kier alpha value is -2.41. The van der Waals surface area contributed by atoms with Gasteiger partial charge in [0, 0.05) is 6.42 Å². The normalized spacial score (nSPS) is 14.1. The topological polar surface area (TPSA) is 88.0 Å². The van der Waals surface area contributed by atoms with Gasteiger partial charge in [0.05, 0.1) is 38.1 Å². The fraction of sp³-hybridized carbons (Fsp3) is 0.458. The molecule has 0 aromatic heterocycles. The van der Waals surface area contributed by atoms with E-state index in [9.17, 15) is 15.0 Å². The standard InChI is InChI=1S/C24H33NO5/c1-18(26)15-30-19(2)16-29-17-22(14-21-8-11-23(27)12-9-21)25-24(28)13-10-20-6-4-3-5-7-20/h3-9,11-12,18-19,22,26-27H,10,13-17H2,1-2H3,(H,25,28)/t18-,19+,22+/m1/s1. The maximum atomic E-state index is 12.5. The van der Waals surface area contributed by atoms with Crippen LogP contribution in [0.3, 0.4) is 0 Å². The number of nitrogens with one attached hydrogen (secondary N) is 1. The quantitative estimate of drug-likeness (QED) is 0.468. The summed E-state index contributed by atoms with van der Waals surface area (Å²) in [6.45, 7) is 4.54. The third kappa shape index (κ3) is 9.87. The molecule has 0 aliphatic carbocycles. The summed E-state index contributed by atoms with van der Waals surface area (Å²) in [5.41, 5.74) is 2.13. The Bertz CT molecular complexity index is 733. The number of aliphatic hydroxyl groups excluding tert-OH is 1. The van der Waals surface area contributed by atoms with Crippen molar-refractivity contribution in [3.63, 3.8) is 0 Å². The molecule has 30 heavy (non-hydrogen) atoms. The molecule has 164 valence electrons. The van der Waals surface area contributed by atoms with Gasteiger partial charge in [0.2, 0.25) is 5.91 Å². The van der Waals surface area contributed by atoms with Crippen molar-refractivity contribution in [1.29, 1.82) is 0 Å². The van der Waals surface area contributed by atoms with Gasteiger partial charge in [-0.15, -0.1) is 0 Å². The Morgan fingerprint density at radius 1 is 0.967 bits per heavy atom. The van der Waals surface area contributed by atoms with Crippen LogP contribution in [0.15, 0.2) is 54.6 Å². The number of carbonyl (C=O) groups is 1. The average Bonchev–Trinajstić information content (AvgIpc) is 2.73. The van der Waals surface area contributed by atoms with E-state index in [0.717, 1.165) is 11.1 Å². The molecule has 6 heteroatoms. The molecule has 1 amide bonds. The van der Waals surface area contributed by atoms with Gasteiger partial charge in [0.1, 0.15) is 5.75 Å². The number of aliphatic hydroxyl groups is 1. The van der Waals surface area contributed by atoms with E-state index in [4.69, 9.17) is 9.47 Å². The maximum Gasteiger partial charge on any atom is 0.220 e. The Balaban J connectivity index is 1.86. The molecule has 0 heterocycles. The largest absolute Gasteiger partial charge is 0.508 e. The average molecular weight is 416 g/mol. The molecule has 3 atom stereocenters. The van der Waals surface area contributed by atoms with E-state index in [0.29, 0.717) is 32.5 Å². The SMILES string of the molecule is C[C@@H](O)CO[C@@H](C)COC[C@H](Cc1ccc(O)cc1)NC(=O)CCc1ccccc1. The molecular weight excluding hydrogens is 382 g/mol. The summed E-state index contributed by atoms with van der Waals surface area (Å²) >= 11 is 0. The zero-order valence-electron chi connectivity index (χ0n) is 17.8.